The molecule has 0 aliphatic carbocycles. The molecule has 3 N–H and O–H groups in total. The first-order valence-electron chi connectivity index (χ1n) is 3.60. The summed E-state index contributed by atoms with van der Waals surface area (Å²) in [6.45, 7) is 0. The van der Waals surface area contributed by atoms with Crippen LogP contribution in [0.15, 0.2) is 24.3 Å². The zero-order chi connectivity index (χ0) is 9.68. The molecule has 0 fully saturated rings. The number of amides is 2. The number of carbonyl (C=O) groups excluding carboxylic acids is 1. The fourth-order valence-corrected chi connectivity index (χ4v) is 1.47. The Kier molecular flexibility index (Phi) is 3.92. The summed E-state index contributed by atoms with van der Waals surface area (Å²) in [5.41, 5.74) is 5.97. The molecule has 2 amide bonds. The van der Waals surface area contributed by atoms with E-state index in [9.17, 15) is 4.79 Å². The molecule has 70 valence electrons. The van der Waals surface area contributed by atoms with E-state index >= 15 is 0 Å². The fourth-order valence-electron chi connectivity index (χ4n) is 0.771. The Morgan fingerprint density at radius 3 is 2.62 bits per heavy atom. The molecule has 0 aromatic heterocycles. The van der Waals surface area contributed by atoms with Crippen molar-refractivity contribution in [3.8, 4) is 0 Å². The first-order chi connectivity index (χ1) is 6.18. The number of hydrogen-bond acceptors (Lipinski definition) is 2. The number of carbonyl (C=O) groups is 1. The SMILES string of the molecule is NC(=O)NSCc1ccc(Cl)cc1. The van der Waals surface area contributed by atoms with Gasteiger partial charge in [-0.25, -0.2) is 4.79 Å². The first-order valence-corrected chi connectivity index (χ1v) is 4.96. The topological polar surface area (TPSA) is 55.1 Å². The van der Waals surface area contributed by atoms with E-state index < -0.39 is 6.03 Å². The molecule has 0 spiro atoms. The maximum Gasteiger partial charge on any atom is 0.322 e. The highest BCUT2D eigenvalue weighted by Gasteiger charge is 1.95. The van der Waals surface area contributed by atoms with E-state index in [1.165, 1.54) is 11.9 Å². The van der Waals surface area contributed by atoms with Crippen molar-refractivity contribution in [1.29, 1.82) is 0 Å². The summed E-state index contributed by atoms with van der Waals surface area (Å²) >= 11 is 6.95. The molecular weight excluding hydrogens is 208 g/mol. The van der Waals surface area contributed by atoms with Crippen LogP contribution in [0.25, 0.3) is 0 Å². The van der Waals surface area contributed by atoms with Crippen molar-refractivity contribution in [2.24, 2.45) is 5.73 Å². The van der Waals surface area contributed by atoms with Crippen molar-refractivity contribution in [2.75, 3.05) is 0 Å². The highest BCUT2D eigenvalue weighted by atomic mass is 35.5. The van der Waals surface area contributed by atoms with Gasteiger partial charge in [0.05, 0.1) is 0 Å². The van der Waals surface area contributed by atoms with Crippen LogP contribution in [0.4, 0.5) is 4.79 Å². The molecule has 0 aliphatic heterocycles. The molecule has 1 rings (SSSR count). The minimum atomic E-state index is -0.529. The molecule has 0 aliphatic rings. The molecule has 13 heavy (non-hydrogen) atoms. The minimum Gasteiger partial charge on any atom is -0.351 e. The summed E-state index contributed by atoms with van der Waals surface area (Å²) < 4.78 is 2.43. The van der Waals surface area contributed by atoms with E-state index in [0.29, 0.717) is 10.8 Å². The molecule has 0 radical (unpaired) electrons. The number of benzene rings is 1. The highest BCUT2D eigenvalue weighted by molar-refractivity contribution is 7.97. The van der Waals surface area contributed by atoms with Crippen LogP contribution < -0.4 is 10.5 Å². The van der Waals surface area contributed by atoms with Crippen molar-refractivity contribution in [2.45, 2.75) is 5.75 Å². The summed E-state index contributed by atoms with van der Waals surface area (Å²) in [7, 11) is 0. The van der Waals surface area contributed by atoms with E-state index in [1.54, 1.807) is 0 Å². The molecule has 0 heterocycles. The predicted molar refractivity (Wildman–Crippen MR) is 55.5 cm³/mol. The molecule has 3 nitrogen and oxygen atoms in total. The number of urea groups is 1. The van der Waals surface area contributed by atoms with Gasteiger partial charge in [0.15, 0.2) is 0 Å². The Bertz CT molecular complexity index is 289. The third kappa shape index (κ3) is 4.05. The van der Waals surface area contributed by atoms with Gasteiger partial charge in [0.2, 0.25) is 0 Å². The van der Waals surface area contributed by atoms with Crippen LogP contribution in [-0.2, 0) is 5.75 Å². The number of rotatable bonds is 3. The van der Waals surface area contributed by atoms with Gasteiger partial charge in [0.1, 0.15) is 0 Å². The van der Waals surface area contributed by atoms with Gasteiger partial charge in [0.25, 0.3) is 0 Å². The smallest absolute Gasteiger partial charge is 0.322 e. The van der Waals surface area contributed by atoms with Gasteiger partial charge < -0.3 is 5.73 Å². The van der Waals surface area contributed by atoms with Crippen molar-refractivity contribution in [3.63, 3.8) is 0 Å². The number of hydrogen-bond donors (Lipinski definition) is 2. The minimum absolute atomic E-state index is 0.529. The zero-order valence-corrected chi connectivity index (χ0v) is 8.36. The maximum atomic E-state index is 10.3. The summed E-state index contributed by atoms with van der Waals surface area (Å²) in [5.74, 6) is 0.681. The summed E-state index contributed by atoms with van der Waals surface area (Å²) in [4.78, 5) is 10.3. The quantitative estimate of drug-likeness (QED) is 0.761. The summed E-state index contributed by atoms with van der Waals surface area (Å²) in [5, 5.41) is 0.705. The molecule has 0 saturated carbocycles. The Labute approximate surface area is 85.8 Å². The van der Waals surface area contributed by atoms with Crippen LogP contribution in [0.3, 0.4) is 0 Å². The Balaban J connectivity index is 2.37. The Morgan fingerprint density at radius 1 is 1.46 bits per heavy atom. The highest BCUT2D eigenvalue weighted by Crippen LogP contribution is 2.13. The van der Waals surface area contributed by atoms with E-state index in [0.717, 1.165) is 5.56 Å². The lowest BCUT2D eigenvalue weighted by Gasteiger charge is -2.00. The van der Waals surface area contributed by atoms with Crippen molar-refractivity contribution in [1.82, 2.24) is 4.72 Å². The van der Waals surface area contributed by atoms with Crippen molar-refractivity contribution < 1.29 is 4.79 Å². The van der Waals surface area contributed by atoms with Gasteiger partial charge >= 0.3 is 6.03 Å². The largest absolute Gasteiger partial charge is 0.351 e. The lowest BCUT2D eigenvalue weighted by molar-refractivity contribution is 0.254. The molecule has 0 unspecified atom stereocenters. The third-order valence-electron chi connectivity index (χ3n) is 1.32. The van der Waals surface area contributed by atoms with E-state index in [4.69, 9.17) is 17.3 Å². The molecule has 0 atom stereocenters. The van der Waals surface area contributed by atoms with Gasteiger partial charge in [-0.15, -0.1) is 0 Å². The van der Waals surface area contributed by atoms with Gasteiger partial charge in [-0.05, 0) is 29.6 Å². The van der Waals surface area contributed by atoms with Crippen LogP contribution in [0, 0.1) is 0 Å². The van der Waals surface area contributed by atoms with Crippen LogP contribution >= 0.6 is 23.5 Å². The predicted octanol–water partition coefficient (Wildman–Crippen LogP) is 2.16. The molecule has 5 heteroatoms. The second-order valence-electron chi connectivity index (χ2n) is 2.38. The molecule has 1 aromatic rings. The number of nitrogens with one attached hydrogen (secondary N) is 1. The van der Waals surface area contributed by atoms with Gasteiger partial charge in [-0.1, -0.05) is 23.7 Å². The Hall–Kier alpha value is -0.870. The fraction of sp³-hybridized carbons (Fsp3) is 0.125. The van der Waals surface area contributed by atoms with Crippen molar-refractivity contribution >= 4 is 29.6 Å². The molecule has 0 bridgehead atoms. The maximum absolute atomic E-state index is 10.3. The molecular formula is C8H9ClN2OS. The van der Waals surface area contributed by atoms with E-state index in [-0.39, 0.29) is 0 Å². The summed E-state index contributed by atoms with van der Waals surface area (Å²) in [6.07, 6.45) is 0. The average Bonchev–Trinajstić information content (AvgIpc) is 2.08. The second-order valence-corrected chi connectivity index (χ2v) is 3.60. The van der Waals surface area contributed by atoms with Gasteiger partial charge in [0, 0.05) is 10.8 Å². The van der Waals surface area contributed by atoms with Crippen LogP contribution in [0.1, 0.15) is 5.56 Å². The zero-order valence-electron chi connectivity index (χ0n) is 6.79. The normalized spacial score (nSPS) is 9.62. The van der Waals surface area contributed by atoms with Crippen LogP contribution in [0.2, 0.25) is 5.02 Å². The van der Waals surface area contributed by atoms with Gasteiger partial charge in [-0.3, -0.25) is 4.72 Å². The molecule has 1 aromatic carbocycles. The number of primary amides is 1. The number of nitrogens with two attached hydrogens (primary N) is 1. The first kappa shape index (κ1) is 10.2. The van der Waals surface area contributed by atoms with Crippen LogP contribution in [0.5, 0.6) is 0 Å². The van der Waals surface area contributed by atoms with E-state index in [1.807, 2.05) is 24.3 Å². The molecule has 0 saturated heterocycles. The van der Waals surface area contributed by atoms with Crippen LogP contribution in [-0.4, -0.2) is 6.03 Å². The van der Waals surface area contributed by atoms with Crippen molar-refractivity contribution in [3.05, 3.63) is 34.9 Å². The average molecular weight is 217 g/mol. The lowest BCUT2D eigenvalue weighted by atomic mass is 10.2. The summed E-state index contributed by atoms with van der Waals surface area (Å²) in [6, 6.07) is 6.89. The van der Waals surface area contributed by atoms with Gasteiger partial charge in [-0.2, -0.15) is 0 Å². The Morgan fingerprint density at radius 2 is 2.08 bits per heavy atom. The number of halogens is 1. The standard InChI is InChI=1S/C8H9ClN2OS/c9-7-3-1-6(2-4-7)5-13-11-8(10)12/h1-4H,5H2,(H3,10,11,12). The second kappa shape index (κ2) is 4.99. The third-order valence-corrected chi connectivity index (χ3v) is 2.40. The van der Waals surface area contributed by atoms with E-state index in [2.05, 4.69) is 4.72 Å². The lowest BCUT2D eigenvalue weighted by Crippen LogP contribution is -2.22. The monoisotopic (exact) mass is 216 g/mol.